The molecule has 5 rings (SSSR count). The summed E-state index contributed by atoms with van der Waals surface area (Å²) in [5.41, 5.74) is 7.24. The molecule has 2 atom stereocenters. The first-order valence-electron chi connectivity index (χ1n) is 18.3. The monoisotopic (exact) mass is 689 g/mol. The van der Waals surface area contributed by atoms with Crippen LogP contribution in [-0.2, 0) is 20.7 Å². The van der Waals surface area contributed by atoms with Gasteiger partial charge in [0, 0.05) is 38.0 Å². The zero-order valence-electron chi connectivity index (χ0n) is 30.8. The predicted octanol–water partition coefficient (Wildman–Crippen LogP) is 8.03. The number of ether oxygens (including phenoxy) is 1. The molecule has 2 aliphatic rings. The summed E-state index contributed by atoms with van der Waals surface area (Å²) in [4.78, 5) is 43.0. The van der Waals surface area contributed by atoms with Crippen molar-refractivity contribution >= 4 is 11.8 Å². The molecule has 50 heavy (non-hydrogen) atoms. The minimum absolute atomic E-state index is 0.0372. The number of nitrogens with zero attached hydrogens (tertiary/aromatic N) is 3. The van der Waals surface area contributed by atoms with Crippen molar-refractivity contribution in [1.82, 2.24) is 14.7 Å². The van der Waals surface area contributed by atoms with Crippen LogP contribution in [0, 0.1) is 39.4 Å². The average Bonchev–Trinajstić information content (AvgIpc) is 3.87. The van der Waals surface area contributed by atoms with E-state index in [1.165, 1.54) is 4.68 Å². The van der Waals surface area contributed by atoms with Gasteiger partial charge in [0.15, 0.2) is 5.78 Å². The van der Waals surface area contributed by atoms with E-state index >= 15 is 4.39 Å². The van der Waals surface area contributed by atoms with Crippen LogP contribution in [0.4, 0.5) is 8.78 Å². The molecule has 0 amide bonds. The first-order chi connectivity index (χ1) is 23.7. The van der Waals surface area contributed by atoms with Crippen molar-refractivity contribution in [3.05, 3.63) is 85.6 Å². The number of carbonyl (C=O) groups excluding carboxylic acids is 2. The second-order valence-corrected chi connectivity index (χ2v) is 15.0. The Balaban J connectivity index is 1.46. The third kappa shape index (κ3) is 8.95. The molecule has 0 spiro atoms. The Morgan fingerprint density at radius 2 is 1.68 bits per heavy atom. The van der Waals surface area contributed by atoms with E-state index in [0.29, 0.717) is 49.2 Å². The number of alkyl halides is 1. The van der Waals surface area contributed by atoms with Gasteiger partial charge < -0.3 is 4.74 Å². The maximum absolute atomic E-state index is 16.1. The third-order valence-corrected chi connectivity index (χ3v) is 10.1. The Bertz CT molecular complexity index is 1750. The molecule has 1 aliphatic heterocycles. The van der Waals surface area contributed by atoms with Crippen LogP contribution in [0.25, 0.3) is 11.1 Å². The van der Waals surface area contributed by atoms with Crippen molar-refractivity contribution in [2.24, 2.45) is 5.92 Å². The van der Waals surface area contributed by atoms with E-state index < -0.39 is 29.9 Å². The Kier molecular flexibility index (Phi) is 12.1. The van der Waals surface area contributed by atoms with Gasteiger partial charge in [0.1, 0.15) is 18.0 Å². The number of hydrogen-bond donors (Lipinski definition) is 0. The van der Waals surface area contributed by atoms with Crippen LogP contribution in [0.5, 0.6) is 0 Å². The molecule has 0 radical (unpaired) electrons. The van der Waals surface area contributed by atoms with Crippen LogP contribution in [0.15, 0.2) is 35.1 Å². The van der Waals surface area contributed by atoms with E-state index in [9.17, 15) is 18.8 Å². The fourth-order valence-corrected chi connectivity index (χ4v) is 7.53. The van der Waals surface area contributed by atoms with E-state index in [0.717, 1.165) is 46.4 Å². The van der Waals surface area contributed by atoms with Crippen LogP contribution in [0.1, 0.15) is 116 Å². The van der Waals surface area contributed by atoms with Crippen molar-refractivity contribution in [3.8, 4) is 11.1 Å². The van der Waals surface area contributed by atoms with Crippen LogP contribution in [0.2, 0.25) is 0 Å². The summed E-state index contributed by atoms with van der Waals surface area (Å²) >= 11 is 0. The lowest BCUT2D eigenvalue weighted by Gasteiger charge is -2.34. The highest BCUT2D eigenvalue weighted by atomic mass is 19.1. The average molecular weight is 690 g/mol. The first kappa shape index (κ1) is 37.5. The van der Waals surface area contributed by atoms with E-state index in [-0.39, 0.29) is 49.0 Å². The number of ketones is 1. The molecule has 2 heterocycles. The molecule has 1 aliphatic carbocycles. The second kappa shape index (κ2) is 16.1. The number of hydrogen-bond acceptors (Lipinski definition) is 6. The zero-order chi connectivity index (χ0) is 36.3. The summed E-state index contributed by atoms with van der Waals surface area (Å²) in [6.45, 7) is 15.3. The van der Waals surface area contributed by atoms with Gasteiger partial charge in [0.25, 0.3) is 5.56 Å². The third-order valence-electron chi connectivity index (χ3n) is 10.1. The van der Waals surface area contributed by atoms with Crippen molar-refractivity contribution in [1.29, 1.82) is 0 Å². The first-order valence-corrected chi connectivity index (χ1v) is 18.3. The normalized spacial score (nSPS) is 16.4. The summed E-state index contributed by atoms with van der Waals surface area (Å²) in [5, 5.41) is 4.75. The lowest BCUT2D eigenvalue weighted by molar-refractivity contribution is -0.143. The minimum atomic E-state index is -0.796. The minimum Gasteiger partial charge on any atom is -0.466 e. The van der Waals surface area contributed by atoms with Crippen LogP contribution >= 0.6 is 0 Å². The smallest absolute Gasteiger partial charge is 0.306 e. The number of Topliss-reactive ketones (excluding diaryl/α,β-unsaturated/α-hetero) is 1. The molecule has 0 bridgehead atoms. The van der Waals surface area contributed by atoms with Crippen molar-refractivity contribution in [3.63, 3.8) is 0 Å². The number of benzene rings is 2. The van der Waals surface area contributed by atoms with Crippen LogP contribution < -0.4 is 5.56 Å². The van der Waals surface area contributed by atoms with Gasteiger partial charge in [-0.1, -0.05) is 31.5 Å². The SMILES string of the molecule is CCOC(=O)C[C@H](CCC(=O)[C@H](CC(C)C)n1nc(CCN2CC(F)C2)cc(C2CC2)c1=O)c1cc(-c2c(C)cc(C)cc2C)cc(C)c1F. The number of carbonyl (C=O) groups is 2. The number of aromatic nitrogens is 2. The molecule has 7 nitrogen and oxygen atoms in total. The van der Waals surface area contributed by atoms with Crippen molar-refractivity contribution in [2.75, 3.05) is 26.2 Å². The molecule has 0 N–H and O–H groups in total. The summed E-state index contributed by atoms with van der Waals surface area (Å²) in [6.07, 6.45) is 2.22. The van der Waals surface area contributed by atoms with E-state index in [2.05, 4.69) is 12.1 Å². The van der Waals surface area contributed by atoms with Crippen LogP contribution in [0.3, 0.4) is 0 Å². The molecule has 2 fully saturated rings. The van der Waals surface area contributed by atoms with Crippen LogP contribution in [-0.4, -0.2) is 58.8 Å². The molecule has 9 heteroatoms. The molecular weight excluding hydrogens is 636 g/mol. The van der Waals surface area contributed by atoms with E-state index in [1.54, 1.807) is 13.8 Å². The maximum atomic E-state index is 16.1. The van der Waals surface area contributed by atoms with Gasteiger partial charge in [-0.15, -0.1) is 0 Å². The van der Waals surface area contributed by atoms with Gasteiger partial charge in [0.05, 0.1) is 18.7 Å². The Morgan fingerprint density at radius 1 is 1.00 bits per heavy atom. The molecule has 270 valence electrons. The zero-order valence-corrected chi connectivity index (χ0v) is 30.8. The molecule has 1 saturated heterocycles. The van der Waals surface area contributed by atoms with Gasteiger partial charge in [-0.3, -0.25) is 19.3 Å². The second-order valence-electron chi connectivity index (χ2n) is 15.0. The van der Waals surface area contributed by atoms with Gasteiger partial charge in [-0.05, 0) is 130 Å². The predicted molar refractivity (Wildman–Crippen MR) is 193 cm³/mol. The molecule has 1 saturated carbocycles. The topological polar surface area (TPSA) is 81.5 Å². The fourth-order valence-electron chi connectivity index (χ4n) is 7.53. The standard InChI is InChI=1S/C41H53F2N3O4/c1-8-50-38(48)20-30(34-19-31(18-28(7)40(34)43)39-26(5)16-25(4)17-27(39)6)11-12-37(47)36(15-24(2)3)46-41(49)35(29-9-10-29)21-33(44-46)13-14-45-22-32(42)23-45/h16-19,21,24,29-30,32,36H,8-15,20,22-23H2,1-7H3/t30-,36-/m0/s1. The number of likely N-dealkylation sites (tertiary alicyclic amines) is 1. The molecule has 3 aromatic rings. The largest absolute Gasteiger partial charge is 0.466 e. The number of rotatable bonds is 16. The Labute approximate surface area is 295 Å². The van der Waals surface area contributed by atoms with Crippen molar-refractivity contribution in [2.45, 2.75) is 117 Å². The van der Waals surface area contributed by atoms with Crippen molar-refractivity contribution < 1.29 is 23.1 Å². The fraction of sp³-hybridized carbons (Fsp3) is 0.561. The number of esters is 1. The molecule has 1 aromatic heterocycles. The van der Waals surface area contributed by atoms with E-state index in [1.807, 2.05) is 57.7 Å². The molecular formula is C41H53F2N3O4. The number of aryl methyl sites for hydroxylation is 4. The molecule has 2 aromatic carbocycles. The van der Waals surface area contributed by atoms with Gasteiger partial charge in [-0.25, -0.2) is 13.5 Å². The summed E-state index contributed by atoms with van der Waals surface area (Å²) in [5.74, 6) is -1.36. The van der Waals surface area contributed by atoms with Gasteiger partial charge in [-0.2, -0.15) is 5.10 Å². The Hall–Kier alpha value is -3.72. The highest BCUT2D eigenvalue weighted by molar-refractivity contribution is 5.83. The highest BCUT2D eigenvalue weighted by Gasteiger charge is 2.33. The lowest BCUT2D eigenvalue weighted by atomic mass is 9.84. The Morgan fingerprint density at radius 3 is 2.28 bits per heavy atom. The summed E-state index contributed by atoms with van der Waals surface area (Å²) < 4.78 is 36.2. The van der Waals surface area contributed by atoms with E-state index in [4.69, 9.17) is 9.84 Å². The quantitative estimate of drug-likeness (QED) is 0.142. The number of halogens is 2. The summed E-state index contributed by atoms with van der Waals surface area (Å²) in [7, 11) is 0. The summed E-state index contributed by atoms with van der Waals surface area (Å²) in [6, 6.07) is 8.97. The highest BCUT2D eigenvalue weighted by Crippen LogP contribution is 2.39. The molecule has 0 unspecified atom stereocenters. The van der Waals surface area contributed by atoms with Gasteiger partial charge >= 0.3 is 5.97 Å². The lowest BCUT2D eigenvalue weighted by Crippen LogP contribution is -2.49. The maximum Gasteiger partial charge on any atom is 0.306 e. The van der Waals surface area contributed by atoms with Gasteiger partial charge in [0.2, 0.25) is 0 Å².